The third kappa shape index (κ3) is 2.84. The summed E-state index contributed by atoms with van der Waals surface area (Å²) in [6.45, 7) is 0.832. The molecule has 1 aromatic carbocycles. The Labute approximate surface area is 139 Å². The maximum absolute atomic E-state index is 13.0. The van der Waals surface area contributed by atoms with Crippen LogP contribution in [0.1, 0.15) is 42.3 Å². The van der Waals surface area contributed by atoms with Crippen molar-refractivity contribution in [3.05, 3.63) is 47.3 Å². The van der Waals surface area contributed by atoms with Crippen LogP contribution in [0, 0.1) is 13.8 Å². The van der Waals surface area contributed by atoms with Crippen LogP contribution >= 0.6 is 0 Å². The molecule has 1 saturated heterocycles. The molecule has 2 aromatic rings. The first-order valence-electron chi connectivity index (χ1n) is 7.73. The normalized spacial score (nSPS) is 19.3. The van der Waals surface area contributed by atoms with E-state index in [4.69, 9.17) is 0 Å². The predicted molar refractivity (Wildman–Crippen MR) is 85.3 cm³/mol. The molecule has 1 aliphatic heterocycles. The molecule has 1 aliphatic rings. The maximum atomic E-state index is 13.0. The molecule has 0 radical (unpaired) electrons. The zero-order valence-electron chi connectivity index (χ0n) is 13.5. The Balaban J connectivity index is 1.98. The molecular formula is C16H19F2N3O2S. The van der Waals surface area contributed by atoms with Crippen LogP contribution in [0.25, 0.3) is 0 Å². The highest BCUT2D eigenvalue weighted by Gasteiger charge is 2.38. The Morgan fingerprint density at radius 2 is 1.88 bits per heavy atom. The minimum absolute atomic E-state index is 0.0421. The average molecular weight is 355 g/mol. The summed E-state index contributed by atoms with van der Waals surface area (Å²) >= 11 is 0. The minimum atomic E-state index is -3.87. The molecule has 0 amide bonds. The highest BCUT2D eigenvalue weighted by Crippen LogP contribution is 2.37. The van der Waals surface area contributed by atoms with E-state index in [1.165, 1.54) is 11.2 Å². The number of aromatic nitrogens is 2. The van der Waals surface area contributed by atoms with Crippen LogP contribution in [0.4, 0.5) is 8.78 Å². The summed E-state index contributed by atoms with van der Waals surface area (Å²) in [6, 6.07) is 7.45. The molecule has 0 N–H and O–H groups in total. The van der Waals surface area contributed by atoms with Crippen molar-refractivity contribution < 1.29 is 17.2 Å². The van der Waals surface area contributed by atoms with E-state index >= 15 is 0 Å². The molecule has 3 rings (SSSR count). The summed E-state index contributed by atoms with van der Waals surface area (Å²) in [4.78, 5) is -0.151. The van der Waals surface area contributed by atoms with Gasteiger partial charge in [-0.15, -0.1) is 0 Å². The third-order valence-electron chi connectivity index (χ3n) is 4.44. The van der Waals surface area contributed by atoms with E-state index in [1.54, 1.807) is 0 Å². The van der Waals surface area contributed by atoms with Gasteiger partial charge in [-0.3, -0.25) is 0 Å². The molecule has 0 unspecified atom stereocenters. The fourth-order valence-electron chi connectivity index (χ4n) is 3.13. The SMILES string of the molecule is Cc1ccc([C@H]2CCCN2S(=O)(=O)c2cnn(C(F)F)c2C)cc1. The van der Waals surface area contributed by atoms with E-state index in [0.717, 1.165) is 23.7 Å². The molecule has 1 aromatic heterocycles. The van der Waals surface area contributed by atoms with Crippen molar-refractivity contribution in [3.63, 3.8) is 0 Å². The van der Waals surface area contributed by atoms with Crippen molar-refractivity contribution in [2.24, 2.45) is 0 Å². The minimum Gasteiger partial charge on any atom is -0.207 e. The van der Waals surface area contributed by atoms with E-state index in [1.807, 2.05) is 31.2 Å². The Morgan fingerprint density at radius 1 is 1.21 bits per heavy atom. The first-order chi connectivity index (χ1) is 11.3. The summed E-state index contributed by atoms with van der Waals surface area (Å²) in [5, 5.41) is 3.52. The Kier molecular flexibility index (Phi) is 4.44. The van der Waals surface area contributed by atoms with Crippen molar-refractivity contribution in [2.45, 2.75) is 44.2 Å². The second-order valence-corrected chi connectivity index (χ2v) is 7.86. The zero-order valence-corrected chi connectivity index (χ0v) is 14.3. The molecule has 1 atom stereocenters. The van der Waals surface area contributed by atoms with Gasteiger partial charge in [0.05, 0.1) is 17.9 Å². The number of benzene rings is 1. The van der Waals surface area contributed by atoms with Gasteiger partial charge >= 0.3 is 6.55 Å². The lowest BCUT2D eigenvalue weighted by atomic mass is 10.0. The third-order valence-corrected chi connectivity index (χ3v) is 6.45. The number of sulfonamides is 1. The maximum Gasteiger partial charge on any atom is 0.333 e. The highest BCUT2D eigenvalue weighted by molar-refractivity contribution is 7.89. The summed E-state index contributed by atoms with van der Waals surface area (Å²) in [5.74, 6) is 0. The van der Waals surface area contributed by atoms with Crippen LogP contribution in [0.2, 0.25) is 0 Å². The summed E-state index contributed by atoms with van der Waals surface area (Å²) < 4.78 is 53.5. The van der Waals surface area contributed by atoms with E-state index in [-0.39, 0.29) is 16.6 Å². The summed E-state index contributed by atoms with van der Waals surface area (Å²) in [7, 11) is -3.87. The molecule has 8 heteroatoms. The van der Waals surface area contributed by atoms with Crippen LogP contribution in [0.5, 0.6) is 0 Å². The number of hydrogen-bond acceptors (Lipinski definition) is 3. The van der Waals surface area contributed by atoms with Gasteiger partial charge in [0.25, 0.3) is 0 Å². The van der Waals surface area contributed by atoms with Gasteiger partial charge < -0.3 is 0 Å². The number of hydrogen-bond donors (Lipinski definition) is 0. The van der Waals surface area contributed by atoms with Crippen molar-refractivity contribution in [1.82, 2.24) is 14.1 Å². The lowest BCUT2D eigenvalue weighted by Crippen LogP contribution is -2.31. The van der Waals surface area contributed by atoms with Crippen molar-refractivity contribution in [2.75, 3.05) is 6.54 Å². The zero-order chi connectivity index (χ0) is 17.5. The Bertz CT molecular complexity index is 832. The van der Waals surface area contributed by atoms with E-state index in [9.17, 15) is 17.2 Å². The van der Waals surface area contributed by atoms with Crippen molar-refractivity contribution in [3.8, 4) is 0 Å². The molecular weight excluding hydrogens is 336 g/mol. The largest absolute Gasteiger partial charge is 0.333 e. The number of nitrogens with zero attached hydrogens (tertiary/aromatic N) is 3. The number of alkyl halides is 2. The topological polar surface area (TPSA) is 55.2 Å². The van der Waals surface area contributed by atoms with Crippen LogP contribution in [0.15, 0.2) is 35.4 Å². The smallest absolute Gasteiger partial charge is 0.207 e. The van der Waals surface area contributed by atoms with Gasteiger partial charge in [-0.1, -0.05) is 29.8 Å². The first kappa shape index (κ1) is 17.0. The van der Waals surface area contributed by atoms with Crippen LogP contribution in [-0.2, 0) is 10.0 Å². The second kappa shape index (κ2) is 6.25. The summed E-state index contributed by atoms with van der Waals surface area (Å²) in [5.41, 5.74) is 1.97. The van der Waals surface area contributed by atoms with Crippen molar-refractivity contribution in [1.29, 1.82) is 0 Å². The Morgan fingerprint density at radius 3 is 2.46 bits per heavy atom. The monoisotopic (exact) mass is 355 g/mol. The van der Waals surface area contributed by atoms with E-state index in [2.05, 4.69) is 5.10 Å². The van der Waals surface area contributed by atoms with Gasteiger partial charge in [-0.25, -0.2) is 13.1 Å². The van der Waals surface area contributed by atoms with Gasteiger partial charge in [0, 0.05) is 6.54 Å². The van der Waals surface area contributed by atoms with Gasteiger partial charge in [0.1, 0.15) is 4.90 Å². The van der Waals surface area contributed by atoms with E-state index in [0.29, 0.717) is 17.6 Å². The van der Waals surface area contributed by atoms with Crippen LogP contribution < -0.4 is 0 Å². The fourth-order valence-corrected chi connectivity index (χ4v) is 4.96. The molecule has 0 saturated carbocycles. The second-order valence-electron chi connectivity index (χ2n) is 6.00. The Hall–Kier alpha value is -1.80. The fraction of sp³-hybridized carbons (Fsp3) is 0.438. The molecule has 0 aliphatic carbocycles. The van der Waals surface area contributed by atoms with Gasteiger partial charge in [0.15, 0.2) is 0 Å². The van der Waals surface area contributed by atoms with Crippen LogP contribution in [-0.4, -0.2) is 29.0 Å². The predicted octanol–water partition coefficient (Wildman–Crippen LogP) is 3.42. The summed E-state index contributed by atoms with van der Waals surface area (Å²) in [6.07, 6.45) is 2.46. The molecule has 1 fully saturated rings. The lowest BCUT2D eigenvalue weighted by molar-refractivity contribution is 0.0541. The standard InChI is InChI=1S/C16H19F2N3O2S/c1-11-5-7-13(8-6-11)14-4-3-9-20(14)24(22,23)15-10-19-21(12(15)2)16(17)18/h5-8,10,14,16H,3-4,9H2,1-2H3/t14-/m1/s1. The first-order valence-corrected chi connectivity index (χ1v) is 9.17. The van der Waals surface area contributed by atoms with Crippen LogP contribution in [0.3, 0.4) is 0 Å². The molecule has 0 spiro atoms. The molecule has 130 valence electrons. The quantitative estimate of drug-likeness (QED) is 0.844. The lowest BCUT2D eigenvalue weighted by Gasteiger charge is -2.24. The highest BCUT2D eigenvalue weighted by atomic mass is 32.2. The molecule has 2 heterocycles. The van der Waals surface area contributed by atoms with E-state index < -0.39 is 16.6 Å². The number of halogens is 2. The number of rotatable bonds is 4. The molecule has 24 heavy (non-hydrogen) atoms. The molecule has 0 bridgehead atoms. The average Bonchev–Trinajstić information content (AvgIpc) is 3.15. The van der Waals surface area contributed by atoms with Gasteiger partial charge in [-0.05, 0) is 32.3 Å². The van der Waals surface area contributed by atoms with Gasteiger partial charge in [0.2, 0.25) is 10.0 Å². The molecule has 5 nitrogen and oxygen atoms in total. The van der Waals surface area contributed by atoms with Gasteiger partial charge in [-0.2, -0.15) is 18.2 Å². The van der Waals surface area contributed by atoms with Crippen molar-refractivity contribution >= 4 is 10.0 Å². The number of aryl methyl sites for hydroxylation is 1.